The summed E-state index contributed by atoms with van der Waals surface area (Å²) in [4.78, 5) is 32.2. The predicted octanol–water partition coefficient (Wildman–Crippen LogP) is 2.73. The van der Waals surface area contributed by atoms with Crippen LogP contribution in [0.3, 0.4) is 0 Å². The number of carbonyl (C=O) groups excluding carboxylic acids is 2. The fourth-order valence-corrected chi connectivity index (χ4v) is 2.00. The number of hydrogen-bond donors (Lipinski definition) is 2. The maximum absolute atomic E-state index is 12.3. The van der Waals surface area contributed by atoms with Crippen LogP contribution < -0.4 is 10.6 Å². The molecule has 0 aliphatic carbocycles. The van der Waals surface area contributed by atoms with E-state index in [9.17, 15) is 9.59 Å². The lowest BCUT2D eigenvalue weighted by molar-refractivity contribution is 0.0602. The van der Waals surface area contributed by atoms with Crippen molar-refractivity contribution in [2.45, 2.75) is 19.8 Å². The monoisotopic (exact) mass is 328 g/mol. The number of esters is 1. The summed E-state index contributed by atoms with van der Waals surface area (Å²) in [7, 11) is 1.29. The lowest BCUT2D eigenvalue weighted by Gasteiger charge is -2.09. The molecule has 0 aliphatic rings. The molecule has 0 saturated carbocycles. The number of amides is 1. The molecule has 1 aromatic carbocycles. The van der Waals surface area contributed by atoms with Gasteiger partial charge < -0.3 is 15.4 Å². The molecule has 1 heterocycles. The molecule has 0 saturated heterocycles. The van der Waals surface area contributed by atoms with E-state index in [1.807, 2.05) is 0 Å². The molecular formula is C17H20N4O3. The summed E-state index contributed by atoms with van der Waals surface area (Å²) in [5, 5.41) is 5.78. The van der Waals surface area contributed by atoms with Gasteiger partial charge in [0.25, 0.3) is 5.91 Å². The highest BCUT2D eigenvalue weighted by Crippen LogP contribution is 2.17. The summed E-state index contributed by atoms with van der Waals surface area (Å²) in [6.07, 6.45) is 5.02. The molecule has 0 radical (unpaired) electrons. The average molecular weight is 328 g/mol. The van der Waals surface area contributed by atoms with Gasteiger partial charge in [-0.3, -0.25) is 4.79 Å². The smallest absolute Gasteiger partial charge is 0.339 e. The summed E-state index contributed by atoms with van der Waals surface area (Å²) >= 11 is 0. The van der Waals surface area contributed by atoms with E-state index in [2.05, 4.69) is 27.5 Å². The highest BCUT2D eigenvalue weighted by Gasteiger charge is 2.15. The van der Waals surface area contributed by atoms with Gasteiger partial charge in [-0.2, -0.15) is 0 Å². The maximum atomic E-state index is 12.3. The Hall–Kier alpha value is -2.96. The molecule has 0 fully saturated rings. The number of nitrogens with zero attached hydrogens (tertiary/aromatic N) is 2. The molecule has 2 rings (SSSR count). The van der Waals surface area contributed by atoms with Gasteiger partial charge in [0.2, 0.25) is 0 Å². The molecule has 0 spiro atoms. The zero-order valence-corrected chi connectivity index (χ0v) is 13.7. The van der Waals surface area contributed by atoms with Gasteiger partial charge in [-0.1, -0.05) is 25.5 Å². The van der Waals surface area contributed by atoms with Crippen molar-refractivity contribution >= 4 is 23.4 Å². The molecule has 2 N–H and O–H groups in total. The van der Waals surface area contributed by atoms with E-state index in [4.69, 9.17) is 4.74 Å². The lowest BCUT2D eigenvalue weighted by Crippen LogP contribution is -2.17. The lowest BCUT2D eigenvalue weighted by atomic mass is 10.1. The Bertz CT molecular complexity index is 701. The van der Waals surface area contributed by atoms with Gasteiger partial charge in [0.15, 0.2) is 0 Å². The number of benzene rings is 1. The molecule has 1 aromatic heterocycles. The largest absolute Gasteiger partial charge is 0.465 e. The predicted molar refractivity (Wildman–Crippen MR) is 91.2 cm³/mol. The van der Waals surface area contributed by atoms with Crippen LogP contribution in [0.5, 0.6) is 0 Å². The number of hydrogen-bond acceptors (Lipinski definition) is 6. The van der Waals surface area contributed by atoms with E-state index in [0.717, 1.165) is 19.4 Å². The number of unbranched alkanes of at least 4 members (excludes halogenated alkanes) is 1. The van der Waals surface area contributed by atoms with Crippen LogP contribution in [0.25, 0.3) is 0 Å². The van der Waals surface area contributed by atoms with Crippen molar-refractivity contribution in [3.8, 4) is 0 Å². The van der Waals surface area contributed by atoms with Crippen LogP contribution in [0.4, 0.5) is 11.5 Å². The molecule has 7 nitrogen and oxygen atoms in total. The fourth-order valence-electron chi connectivity index (χ4n) is 2.00. The second kappa shape index (κ2) is 8.61. The zero-order chi connectivity index (χ0) is 17.4. The van der Waals surface area contributed by atoms with Crippen LogP contribution in [0, 0.1) is 0 Å². The number of rotatable bonds is 7. The summed E-state index contributed by atoms with van der Waals surface area (Å²) in [5.41, 5.74) is 0.802. The number of carbonyl (C=O) groups is 2. The van der Waals surface area contributed by atoms with E-state index in [-0.39, 0.29) is 11.3 Å². The third-order valence-electron chi connectivity index (χ3n) is 3.30. The van der Waals surface area contributed by atoms with Crippen molar-refractivity contribution in [1.29, 1.82) is 0 Å². The number of ether oxygens (including phenoxy) is 1. The van der Waals surface area contributed by atoms with Crippen LogP contribution in [0.15, 0.2) is 36.7 Å². The molecule has 2 aromatic rings. The topological polar surface area (TPSA) is 93.2 Å². The molecule has 0 bridgehead atoms. The van der Waals surface area contributed by atoms with E-state index in [1.54, 1.807) is 24.3 Å². The number of methoxy groups -OCH3 is 1. The minimum Gasteiger partial charge on any atom is -0.465 e. The van der Waals surface area contributed by atoms with Crippen LogP contribution in [0.1, 0.15) is 40.6 Å². The molecular weight excluding hydrogens is 308 g/mol. The quantitative estimate of drug-likeness (QED) is 0.599. The molecule has 7 heteroatoms. The Kier molecular flexibility index (Phi) is 6.24. The number of anilines is 2. The van der Waals surface area contributed by atoms with E-state index in [0.29, 0.717) is 11.5 Å². The van der Waals surface area contributed by atoms with Crippen molar-refractivity contribution < 1.29 is 14.3 Å². The first kappa shape index (κ1) is 17.4. The minimum absolute atomic E-state index is 0.163. The SMILES string of the molecule is CCCCNc1cnc(C(=O)Nc2ccccc2C(=O)OC)cn1. The summed E-state index contributed by atoms with van der Waals surface area (Å²) < 4.78 is 4.70. The van der Waals surface area contributed by atoms with E-state index in [1.165, 1.54) is 19.5 Å². The Labute approximate surface area is 140 Å². The Balaban J connectivity index is 2.06. The third-order valence-corrected chi connectivity index (χ3v) is 3.30. The molecule has 126 valence electrons. The maximum Gasteiger partial charge on any atom is 0.339 e. The van der Waals surface area contributed by atoms with Crippen molar-refractivity contribution in [3.63, 3.8) is 0 Å². The summed E-state index contributed by atoms with van der Waals surface area (Å²) in [6, 6.07) is 6.61. The number of nitrogens with one attached hydrogen (secondary N) is 2. The van der Waals surface area contributed by atoms with Gasteiger partial charge in [-0.15, -0.1) is 0 Å². The molecule has 0 atom stereocenters. The van der Waals surface area contributed by atoms with Crippen molar-refractivity contribution in [2.24, 2.45) is 0 Å². The van der Waals surface area contributed by atoms with Gasteiger partial charge >= 0.3 is 5.97 Å². The summed E-state index contributed by atoms with van der Waals surface area (Å²) in [6.45, 7) is 2.91. The van der Waals surface area contributed by atoms with Gasteiger partial charge in [0.1, 0.15) is 11.5 Å². The van der Waals surface area contributed by atoms with Crippen molar-refractivity contribution in [2.75, 3.05) is 24.3 Å². The van der Waals surface area contributed by atoms with E-state index >= 15 is 0 Å². The van der Waals surface area contributed by atoms with Crippen LogP contribution in [-0.2, 0) is 4.74 Å². The van der Waals surface area contributed by atoms with Gasteiger partial charge in [0.05, 0.1) is 30.8 Å². The second-order valence-electron chi connectivity index (χ2n) is 5.06. The number of aromatic nitrogens is 2. The normalized spacial score (nSPS) is 10.1. The third kappa shape index (κ3) is 4.52. The first-order valence-electron chi connectivity index (χ1n) is 7.70. The second-order valence-corrected chi connectivity index (χ2v) is 5.06. The van der Waals surface area contributed by atoms with Gasteiger partial charge in [-0.25, -0.2) is 14.8 Å². The Morgan fingerprint density at radius 3 is 2.62 bits per heavy atom. The van der Waals surface area contributed by atoms with Crippen LogP contribution >= 0.6 is 0 Å². The molecule has 24 heavy (non-hydrogen) atoms. The minimum atomic E-state index is -0.521. The van der Waals surface area contributed by atoms with Gasteiger partial charge in [0, 0.05) is 6.54 Å². The average Bonchev–Trinajstić information content (AvgIpc) is 2.62. The van der Waals surface area contributed by atoms with Crippen LogP contribution in [0.2, 0.25) is 0 Å². The van der Waals surface area contributed by atoms with Crippen molar-refractivity contribution in [3.05, 3.63) is 47.9 Å². The summed E-state index contributed by atoms with van der Waals surface area (Å²) in [5.74, 6) is -0.346. The zero-order valence-electron chi connectivity index (χ0n) is 13.7. The highest BCUT2D eigenvalue weighted by atomic mass is 16.5. The fraction of sp³-hybridized carbons (Fsp3) is 0.294. The Morgan fingerprint density at radius 1 is 1.17 bits per heavy atom. The van der Waals surface area contributed by atoms with Gasteiger partial charge in [-0.05, 0) is 18.6 Å². The van der Waals surface area contributed by atoms with Crippen molar-refractivity contribution in [1.82, 2.24) is 9.97 Å². The Morgan fingerprint density at radius 2 is 1.96 bits per heavy atom. The molecule has 1 amide bonds. The van der Waals surface area contributed by atoms with Crippen LogP contribution in [-0.4, -0.2) is 35.5 Å². The first-order valence-corrected chi connectivity index (χ1v) is 7.70. The molecule has 0 aliphatic heterocycles. The van der Waals surface area contributed by atoms with E-state index < -0.39 is 11.9 Å². The molecule has 0 unspecified atom stereocenters. The first-order chi connectivity index (χ1) is 11.7. The number of para-hydroxylation sites is 1. The standard InChI is InChI=1S/C17H20N4O3/c1-3-4-9-18-15-11-19-14(10-20-15)16(22)21-13-8-6-5-7-12(13)17(23)24-2/h5-8,10-11H,3-4,9H2,1-2H3,(H,18,20)(H,21,22). The highest BCUT2D eigenvalue weighted by molar-refractivity contribution is 6.06.